The van der Waals surface area contributed by atoms with E-state index in [-0.39, 0.29) is 5.54 Å². The Morgan fingerprint density at radius 2 is 2.47 bits per heavy atom. The van der Waals surface area contributed by atoms with Crippen molar-refractivity contribution >= 4 is 11.3 Å². The number of rotatable bonds is 4. The molecule has 0 spiro atoms. The number of nitrogens with one attached hydrogen (secondary N) is 1. The summed E-state index contributed by atoms with van der Waals surface area (Å²) in [5.74, 6) is 0. The summed E-state index contributed by atoms with van der Waals surface area (Å²) < 4.78 is 0. The van der Waals surface area contributed by atoms with Crippen LogP contribution in [0.15, 0.2) is 17.5 Å². The third kappa shape index (κ3) is 2.86. The van der Waals surface area contributed by atoms with Crippen LogP contribution in [0.5, 0.6) is 0 Å². The topological polar surface area (TPSA) is 39.1 Å². The molecule has 1 fully saturated rings. The fraction of sp³-hybridized carbons (Fsp3) is 0.615. The molecule has 0 aromatic carbocycles. The lowest BCUT2D eigenvalue weighted by Gasteiger charge is -2.25. The molecule has 92 valence electrons. The number of likely N-dealkylation sites (tertiary alicyclic amines) is 1. The zero-order chi connectivity index (χ0) is 12.3. The standard InChI is InChI=1S/C13H19N3S/c1-11(2)16-6-5-13(9-14,10-16)15-8-12-4-3-7-17-12/h3-4,7,11,15H,5-6,8,10H2,1-2H3. The Balaban J connectivity index is 1.95. The van der Waals surface area contributed by atoms with Gasteiger partial charge in [0.25, 0.3) is 0 Å². The van der Waals surface area contributed by atoms with Gasteiger partial charge in [-0.3, -0.25) is 10.2 Å². The Hall–Kier alpha value is -0.890. The van der Waals surface area contributed by atoms with E-state index in [0.29, 0.717) is 6.04 Å². The van der Waals surface area contributed by atoms with Crippen molar-refractivity contribution in [2.45, 2.75) is 38.4 Å². The molecule has 0 bridgehead atoms. The van der Waals surface area contributed by atoms with Gasteiger partial charge in [0.05, 0.1) is 6.07 Å². The monoisotopic (exact) mass is 249 g/mol. The second-order valence-corrected chi connectivity index (χ2v) is 5.97. The molecule has 2 heterocycles. The molecule has 4 heteroatoms. The van der Waals surface area contributed by atoms with E-state index in [2.05, 4.69) is 47.6 Å². The first kappa shape index (κ1) is 12.6. The van der Waals surface area contributed by atoms with Crippen molar-refractivity contribution < 1.29 is 0 Å². The number of nitrogens with zero attached hydrogens (tertiary/aromatic N) is 2. The summed E-state index contributed by atoms with van der Waals surface area (Å²) in [6, 6.07) is 7.16. The molecule has 0 aliphatic carbocycles. The van der Waals surface area contributed by atoms with E-state index in [9.17, 15) is 5.26 Å². The fourth-order valence-electron chi connectivity index (χ4n) is 2.22. The second kappa shape index (κ2) is 5.18. The molecule has 1 atom stereocenters. The van der Waals surface area contributed by atoms with Crippen LogP contribution in [0, 0.1) is 11.3 Å². The lowest BCUT2D eigenvalue weighted by Crippen LogP contribution is -2.46. The third-order valence-corrected chi connectivity index (χ3v) is 4.30. The highest BCUT2D eigenvalue weighted by Crippen LogP contribution is 2.23. The van der Waals surface area contributed by atoms with Crippen LogP contribution in [-0.2, 0) is 6.54 Å². The van der Waals surface area contributed by atoms with Gasteiger partial charge in [-0.15, -0.1) is 11.3 Å². The van der Waals surface area contributed by atoms with Gasteiger partial charge in [-0.2, -0.15) is 5.26 Å². The van der Waals surface area contributed by atoms with Gasteiger partial charge < -0.3 is 0 Å². The van der Waals surface area contributed by atoms with E-state index in [0.717, 1.165) is 26.1 Å². The van der Waals surface area contributed by atoms with Crippen LogP contribution >= 0.6 is 11.3 Å². The van der Waals surface area contributed by atoms with Gasteiger partial charge >= 0.3 is 0 Å². The number of hydrogen-bond acceptors (Lipinski definition) is 4. The predicted molar refractivity (Wildman–Crippen MR) is 70.8 cm³/mol. The van der Waals surface area contributed by atoms with Gasteiger partial charge in [0.15, 0.2) is 0 Å². The highest BCUT2D eigenvalue weighted by molar-refractivity contribution is 7.09. The van der Waals surface area contributed by atoms with E-state index >= 15 is 0 Å². The molecule has 1 aliphatic rings. The summed E-state index contributed by atoms with van der Waals surface area (Å²) in [6.45, 7) is 7.03. The molecular weight excluding hydrogens is 230 g/mol. The Morgan fingerprint density at radius 3 is 3.00 bits per heavy atom. The minimum atomic E-state index is -0.353. The Labute approximate surface area is 107 Å². The van der Waals surface area contributed by atoms with Crippen LogP contribution in [-0.4, -0.2) is 29.6 Å². The zero-order valence-electron chi connectivity index (χ0n) is 10.4. The molecular formula is C13H19N3S. The van der Waals surface area contributed by atoms with E-state index in [1.165, 1.54) is 4.88 Å². The van der Waals surface area contributed by atoms with Gasteiger partial charge in [0, 0.05) is 30.6 Å². The van der Waals surface area contributed by atoms with Crippen LogP contribution in [0.25, 0.3) is 0 Å². The molecule has 1 saturated heterocycles. The van der Waals surface area contributed by atoms with Crippen molar-refractivity contribution in [3.8, 4) is 6.07 Å². The van der Waals surface area contributed by atoms with Crippen molar-refractivity contribution in [1.82, 2.24) is 10.2 Å². The first-order chi connectivity index (χ1) is 8.15. The Bertz CT molecular complexity index is 393. The first-order valence-electron chi connectivity index (χ1n) is 6.08. The van der Waals surface area contributed by atoms with Crippen LogP contribution in [0.4, 0.5) is 0 Å². The van der Waals surface area contributed by atoms with Crippen LogP contribution in [0.1, 0.15) is 25.1 Å². The van der Waals surface area contributed by atoms with Gasteiger partial charge in [-0.05, 0) is 31.7 Å². The van der Waals surface area contributed by atoms with Gasteiger partial charge in [0.1, 0.15) is 5.54 Å². The highest BCUT2D eigenvalue weighted by Gasteiger charge is 2.38. The minimum absolute atomic E-state index is 0.353. The third-order valence-electron chi connectivity index (χ3n) is 3.42. The highest BCUT2D eigenvalue weighted by atomic mass is 32.1. The molecule has 0 amide bonds. The smallest absolute Gasteiger partial charge is 0.121 e. The average Bonchev–Trinajstić information content (AvgIpc) is 2.97. The summed E-state index contributed by atoms with van der Waals surface area (Å²) in [4.78, 5) is 3.66. The molecule has 1 aromatic heterocycles. The lowest BCUT2D eigenvalue weighted by molar-refractivity contribution is 0.257. The van der Waals surface area contributed by atoms with Crippen LogP contribution < -0.4 is 5.32 Å². The van der Waals surface area contributed by atoms with E-state index < -0.39 is 0 Å². The maximum atomic E-state index is 9.41. The summed E-state index contributed by atoms with van der Waals surface area (Å²) in [7, 11) is 0. The molecule has 1 N–H and O–H groups in total. The van der Waals surface area contributed by atoms with Crippen LogP contribution in [0.3, 0.4) is 0 Å². The summed E-state index contributed by atoms with van der Waals surface area (Å²) in [6.07, 6.45) is 0.924. The molecule has 1 aromatic rings. The number of nitriles is 1. The molecule has 17 heavy (non-hydrogen) atoms. The Morgan fingerprint density at radius 1 is 1.65 bits per heavy atom. The molecule has 3 nitrogen and oxygen atoms in total. The molecule has 1 aliphatic heterocycles. The zero-order valence-corrected chi connectivity index (χ0v) is 11.3. The number of hydrogen-bond donors (Lipinski definition) is 1. The lowest BCUT2D eigenvalue weighted by atomic mass is 10.0. The molecule has 2 rings (SSSR count). The number of thiophene rings is 1. The van der Waals surface area contributed by atoms with Crippen molar-refractivity contribution in [2.75, 3.05) is 13.1 Å². The fourth-order valence-corrected chi connectivity index (χ4v) is 2.87. The summed E-state index contributed by atoms with van der Waals surface area (Å²) in [5.41, 5.74) is -0.353. The first-order valence-corrected chi connectivity index (χ1v) is 6.96. The Kier molecular flexibility index (Phi) is 3.82. The van der Waals surface area contributed by atoms with Gasteiger partial charge in [-0.25, -0.2) is 0 Å². The minimum Gasteiger partial charge on any atom is -0.298 e. The van der Waals surface area contributed by atoms with Gasteiger partial charge in [0.2, 0.25) is 0 Å². The van der Waals surface area contributed by atoms with Crippen LogP contribution in [0.2, 0.25) is 0 Å². The average molecular weight is 249 g/mol. The van der Waals surface area contributed by atoms with Crippen molar-refractivity contribution in [1.29, 1.82) is 5.26 Å². The van der Waals surface area contributed by atoms with Crippen molar-refractivity contribution in [2.24, 2.45) is 0 Å². The van der Waals surface area contributed by atoms with Crippen molar-refractivity contribution in [3.63, 3.8) is 0 Å². The van der Waals surface area contributed by atoms with E-state index in [4.69, 9.17) is 0 Å². The SMILES string of the molecule is CC(C)N1CCC(C#N)(NCc2cccs2)C1. The summed E-state index contributed by atoms with van der Waals surface area (Å²) >= 11 is 1.74. The van der Waals surface area contributed by atoms with E-state index in [1.807, 2.05) is 0 Å². The predicted octanol–water partition coefficient (Wildman–Crippen LogP) is 2.21. The second-order valence-electron chi connectivity index (χ2n) is 4.94. The largest absolute Gasteiger partial charge is 0.298 e. The maximum absolute atomic E-state index is 9.41. The maximum Gasteiger partial charge on any atom is 0.121 e. The quantitative estimate of drug-likeness (QED) is 0.889. The normalized spacial score (nSPS) is 25.3. The molecule has 1 unspecified atom stereocenters. The van der Waals surface area contributed by atoms with Crippen molar-refractivity contribution in [3.05, 3.63) is 22.4 Å². The molecule has 0 saturated carbocycles. The van der Waals surface area contributed by atoms with E-state index in [1.54, 1.807) is 11.3 Å². The summed E-state index contributed by atoms with van der Waals surface area (Å²) in [5, 5.41) is 14.9. The van der Waals surface area contributed by atoms with Gasteiger partial charge in [-0.1, -0.05) is 6.07 Å². The molecule has 0 radical (unpaired) electrons.